The normalized spacial score (nSPS) is 21.8. The van der Waals surface area contributed by atoms with Gasteiger partial charge in [0.05, 0.1) is 5.41 Å². The number of halogens is 2. The van der Waals surface area contributed by atoms with E-state index in [1.54, 1.807) is 6.07 Å². The molecule has 2 N–H and O–H groups in total. The number of nitrogens with one attached hydrogen (secondary N) is 2. The van der Waals surface area contributed by atoms with Crippen LogP contribution < -0.4 is 10.6 Å². The number of carbonyl (C=O) groups excluding carboxylic acids is 1. The van der Waals surface area contributed by atoms with Gasteiger partial charge in [0, 0.05) is 6.54 Å². The molecule has 0 unspecified atom stereocenters. The van der Waals surface area contributed by atoms with Crippen LogP contribution in [0.1, 0.15) is 51.0 Å². The number of amides is 1. The Hall–Kier alpha value is -1.13. The van der Waals surface area contributed by atoms with Gasteiger partial charge in [-0.15, -0.1) is 12.4 Å². The Morgan fingerprint density at radius 2 is 1.88 bits per heavy atom. The maximum atomic E-state index is 13.7. The molecule has 1 aliphatic heterocycles. The lowest BCUT2D eigenvalue weighted by Gasteiger charge is -2.36. The van der Waals surface area contributed by atoms with Crippen LogP contribution >= 0.6 is 12.4 Å². The number of hydrogen-bond acceptors (Lipinski definition) is 2. The molecule has 3 nitrogen and oxygen atoms in total. The fourth-order valence-corrected chi connectivity index (χ4v) is 4.08. The van der Waals surface area contributed by atoms with E-state index in [4.69, 9.17) is 0 Å². The zero-order valence-corrected chi connectivity index (χ0v) is 15.2. The molecule has 1 amide bonds. The third-order valence-corrected chi connectivity index (χ3v) is 5.76. The summed E-state index contributed by atoms with van der Waals surface area (Å²) in [5.74, 6) is -0.174. The Morgan fingerprint density at radius 1 is 1.21 bits per heavy atom. The first-order valence-electron chi connectivity index (χ1n) is 8.79. The van der Waals surface area contributed by atoms with Crippen molar-refractivity contribution in [2.75, 3.05) is 19.6 Å². The van der Waals surface area contributed by atoms with Crippen LogP contribution in [0.15, 0.2) is 24.3 Å². The molecule has 2 aliphatic rings. The van der Waals surface area contributed by atoms with Crippen LogP contribution in [0.4, 0.5) is 4.39 Å². The van der Waals surface area contributed by atoms with Crippen LogP contribution in [-0.4, -0.2) is 25.5 Å². The van der Waals surface area contributed by atoms with E-state index in [1.807, 2.05) is 6.07 Å². The molecular weight excluding hydrogens is 327 g/mol. The summed E-state index contributed by atoms with van der Waals surface area (Å²) >= 11 is 0. The summed E-state index contributed by atoms with van der Waals surface area (Å²) in [6, 6.07) is 6.60. The molecule has 3 rings (SSSR count). The first kappa shape index (κ1) is 19.2. The van der Waals surface area contributed by atoms with Gasteiger partial charge < -0.3 is 10.6 Å². The van der Waals surface area contributed by atoms with Gasteiger partial charge in [0.1, 0.15) is 5.82 Å². The quantitative estimate of drug-likeness (QED) is 0.868. The molecule has 2 fully saturated rings. The highest BCUT2D eigenvalue weighted by Crippen LogP contribution is 2.41. The molecule has 1 saturated heterocycles. The second-order valence-electron chi connectivity index (χ2n) is 7.54. The van der Waals surface area contributed by atoms with Crippen molar-refractivity contribution < 1.29 is 9.18 Å². The van der Waals surface area contributed by atoms with E-state index < -0.39 is 5.41 Å². The summed E-state index contributed by atoms with van der Waals surface area (Å²) < 4.78 is 13.7. The molecule has 1 aromatic rings. The molecule has 134 valence electrons. The number of piperidine rings is 1. The van der Waals surface area contributed by atoms with E-state index in [0.29, 0.717) is 6.54 Å². The van der Waals surface area contributed by atoms with Gasteiger partial charge in [-0.05, 0) is 61.9 Å². The molecule has 1 aliphatic carbocycles. The third-order valence-electron chi connectivity index (χ3n) is 5.76. The highest BCUT2D eigenvalue weighted by molar-refractivity contribution is 5.88. The number of benzene rings is 1. The lowest BCUT2D eigenvalue weighted by Crippen LogP contribution is -2.48. The minimum atomic E-state index is -0.536. The van der Waals surface area contributed by atoms with Crippen LogP contribution in [0.2, 0.25) is 0 Å². The van der Waals surface area contributed by atoms with Gasteiger partial charge in [-0.2, -0.15) is 0 Å². The van der Waals surface area contributed by atoms with Gasteiger partial charge in [0.2, 0.25) is 5.91 Å². The summed E-state index contributed by atoms with van der Waals surface area (Å²) in [5, 5.41) is 6.57. The van der Waals surface area contributed by atoms with Crippen LogP contribution in [-0.2, 0) is 10.2 Å². The van der Waals surface area contributed by atoms with E-state index in [-0.39, 0.29) is 29.5 Å². The van der Waals surface area contributed by atoms with E-state index in [1.165, 1.54) is 12.1 Å². The van der Waals surface area contributed by atoms with Gasteiger partial charge in [0.15, 0.2) is 0 Å². The van der Waals surface area contributed by atoms with Gasteiger partial charge >= 0.3 is 0 Å². The average molecular weight is 355 g/mol. The Labute approximate surface area is 150 Å². The fourth-order valence-electron chi connectivity index (χ4n) is 4.08. The van der Waals surface area contributed by atoms with Crippen molar-refractivity contribution in [3.63, 3.8) is 0 Å². The Morgan fingerprint density at radius 3 is 2.50 bits per heavy atom. The zero-order chi connectivity index (χ0) is 16.3. The molecule has 0 bridgehead atoms. The smallest absolute Gasteiger partial charge is 0.230 e. The predicted octanol–water partition coefficient (Wildman–Crippen LogP) is 3.57. The predicted molar refractivity (Wildman–Crippen MR) is 97.0 cm³/mol. The van der Waals surface area contributed by atoms with Gasteiger partial charge in [-0.25, -0.2) is 4.39 Å². The maximum Gasteiger partial charge on any atom is 0.230 e. The Kier molecular flexibility index (Phi) is 6.27. The molecular formula is C19H28ClFN2O. The molecule has 0 radical (unpaired) electrons. The van der Waals surface area contributed by atoms with Gasteiger partial charge in [-0.3, -0.25) is 4.79 Å². The molecule has 1 saturated carbocycles. The van der Waals surface area contributed by atoms with Gasteiger partial charge in [-0.1, -0.05) is 31.9 Å². The molecule has 0 atom stereocenters. The van der Waals surface area contributed by atoms with Crippen LogP contribution in [0, 0.1) is 11.2 Å². The number of rotatable bonds is 4. The van der Waals surface area contributed by atoms with Crippen molar-refractivity contribution in [1.82, 2.24) is 10.6 Å². The minimum Gasteiger partial charge on any atom is -0.355 e. The topological polar surface area (TPSA) is 41.1 Å². The highest BCUT2D eigenvalue weighted by Gasteiger charge is 2.43. The van der Waals surface area contributed by atoms with Crippen molar-refractivity contribution >= 4 is 18.3 Å². The SMILES string of the molecule is CC1(CNC(=O)C2(c3cccc(F)c3)CCCC2)CCNCC1.Cl. The van der Waals surface area contributed by atoms with Crippen molar-refractivity contribution in [3.05, 3.63) is 35.6 Å². The van der Waals surface area contributed by atoms with E-state index >= 15 is 0 Å². The van der Waals surface area contributed by atoms with Gasteiger partial charge in [0.25, 0.3) is 0 Å². The second-order valence-corrected chi connectivity index (χ2v) is 7.54. The van der Waals surface area contributed by atoms with Crippen molar-refractivity contribution in [1.29, 1.82) is 0 Å². The third kappa shape index (κ3) is 3.92. The van der Waals surface area contributed by atoms with E-state index in [2.05, 4.69) is 17.6 Å². The van der Waals surface area contributed by atoms with E-state index in [9.17, 15) is 9.18 Å². The molecule has 0 spiro atoms. The minimum absolute atomic E-state index is 0. The lowest BCUT2D eigenvalue weighted by atomic mass is 9.76. The zero-order valence-electron chi connectivity index (χ0n) is 14.4. The monoisotopic (exact) mass is 354 g/mol. The number of carbonyl (C=O) groups is 1. The van der Waals surface area contributed by atoms with Crippen LogP contribution in [0.25, 0.3) is 0 Å². The van der Waals surface area contributed by atoms with E-state index in [0.717, 1.165) is 57.2 Å². The first-order valence-corrected chi connectivity index (χ1v) is 8.79. The summed E-state index contributed by atoms with van der Waals surface area (Å²) in [6.07, 6.45) is 5.87. The lowest BCUT2D eigenvalue weighted by molar-refractivity contribution is -0.127. The Balaban J connectivity index is 0.00000208. The first-order chi connectivity index (χ1) is 11.0. The van der Waals surface area contributed by atoms with Crippen LogP contribution in [0.3, 0.4) is 0 Å². The largest absolute Gasteiger partial charge is 0.355 e. The number of hydrogen-bond donors (Lipinski definition) is 2. The summed E-state index contributed by atoms with van der Waals surface area (Å²) in [7, 11) is 0. The summed E-state index contributed by atoms with van der Waals surface area (Å²) in [4.78, 5) is 13.0. The standard InChI is InChI=1S/C19H27FN2O.ClH/c1-18(9-11-21-12-10-18)14-22-17(23)19(7-2-3-8-19)15-5-4-6-16(20)13-15;/h4-6,13,21H,2-3,7-12,14H2,1H3,(H,22,23);1H. The fraction of sp³-hybridized carbons (Fsp3) is 0.632. The maximum absolute atomic E-state index is 13.7. The molecule has 1 heterocycles. The summed E-state index contributed by atoms with van der Waals surface area (Å²) in [6.45, 7) is 4.99. The average Bonchev–Trinajstić information content (AvgIpc) is 3.04. The van der Waals surface area contributed by atoms with Crippen molar-refractivity contribution in [3.8, 4) is 0 Å². The molecule has 1 aromatic carbocycles. The second kappa shape index (κ2) is 7.83. The molecule has 0 aromatic heterocycles. The van der Waals surface area contributed by atoms with Crippen molar-refractivity contribution in [2.45, 2.75) is 50.9 Å². The van der Waals surface area contributed by atoms with Crippen molar-refractivity contribution in [2.24, 2.45) is 5.41 Å². The Bertz CT molecular complexity index is 566. The molecule has 5 heteroatoms. The summed E-state index contributed by atoms with van der Waals surface area (Å²) in [5.41, 5.74) is 0.469. The van der Waals surface area contributed by atoms with Crippen LogP contribution in [0.5, 0.6) is 0 Å². The highest BCUT2D eigenvalue weighted by atomic mass is 35.5. The molecule has 24 heavy (non-hydrogen) atoms.